The first-order valence-electron chi connectivity index (χ1n) is 5.05. The molecule has 0 amide bonds. The average Bonchev–Trinajstić information content (AvgIpc) is 2.25. The summed E-state index contributed by atoms with van der Waals surface area (Å²) in [4.78, 5) is 0. The molecule has 2 rings (SSSR count). The van der Waals surface area contributed by atoms with E-state index in [1.165, 1.54) is 0 Å². The molecule has 0 atom stereocenters. The number of hydrogen-bond donors (Lipinski definition) is 1. The number of aryl methyl sites for hydroxylation is 1. The second-order valence-electron chi connectivity index (χ2n) is 3.70. The molecular formula is C13H11Cl2NO. The minimum atomic E-state index is 0.486. The van der Waals surface area contributed by atoms with Gasteiger partial charge in [0.15, 0.2) is 0 Å². The first kappa shape index (κ1) is 12.1. The average molecular weight is 268 g/mol. The van der Waals surface area contributed by atoms with Crippen LogP contribution < -0.4 is 10.5 Å². The van der Waals surface area contributed by atoms with Crippen LogP contribution in [0, 0.1) is 6.92 Å². The Morgan fingerprint density at radius 3 is 2.35 bits per heavy atom. The van der Waals surface area contributed by atoms with Gasteiger partial charge >= 0.3 is 0 Å². The second-order valence-corrected chi connectivity index (χ2v) is 4.55. The molecule has 0 aliphatic heterocycles. The molecule has 0 saturated heterocycles. The molecule has 0 saturated carbocycles. The molecule has 0 fully saturated rings. The number of anilines is 1. The normalized spacial score (nSPS) is 10.3. The summed E-state index contributed by atoms with van der Waals surface area (Å²) in [5.74, 6) is 1.30. The molecule has 0 radical (unpaired) electrons. The highest BCUT2D eigenvalue weighted by Gasteiger charge is 2.06. The molecule has 2 nitrogen and oxygen atoms in total. The van der Waals surface area contributed by atoms with Crippen LogP contribution >= 0.6 is 23.2 Å². The number of halogens is 2. The monoisotopic (exact) mass is 267 g/mol. The van der Waals surface area contributed by atoms with Crippen LogP contribution in [0.15, 0.2) is 36.4 Å². The lowest BCUT2D eigenvalue weighted by Crippen LogP contribution is -1.90. The van der Waals surface area contributed by atoms with E-state index in [1.807, 2.05) is 19.1 Å². The second kappa shape index (κ2) is 4.86. The molecule has 2 N–H and O–H groups in total. The molecule has 2 aromatic carbocycles. The fourth-order valence-corrected chi connectivity index (χ4v) is 1.90. The first-order valence-corrected chi connectivity index (χ1v) is 5.81. The Hall–Kier alpha value is -1.38. The number of rotatable bonds is 2. The molecule has 0 spiro atoms. The third-order valence-corrected chi connectivity index (χ3v) is 2.84. The summed E-state index contributed by atoms with van der Waals surface area (Å²) in [7, 11) is 0. The number of nitrogens with two attached hydrogens (primary N) is 1. The number of ether oxygens (including phenoxy) is 1. The molecule has 0 aromatic heterocycles. The van der Waals surface area contributed by atoms with Crippen LogP contribution in [0.2, 0.25) is 10.0 Å². The van der Waals surface area contributed by atoms with Gasteiger partial charge in [-0.25, -0.2) is 0 Å². The van der Waals surface area contributed by atoms with Crippen LogP contribution in [-0.2, 0) is 0 Å². The van der Waals surface area contributed by atoms with E-state index in [9.17, 15) is 0 Å². The van der Waals surface area contributed by atoms with Crippen LogP contribution in [0.3, 0.4) is 0 Å². The summed E-state index contributed by atoms with van der Waals surface area (Å²) in [6.07, 6.45) is 0. The molecule has 0 unspecified atom stereocenters. The van der Waals surface area contributed by atoms with Crippen molar-refractivity contribution in [2.45, 2.75) is 6.92 Å². The predicted molar refractivity (Wildman–Crippen MR) is 72.1 cm³/mol. The fourth-order valence-electron chi connectivity index (χ4n) is 1.45. The van der Waals surface area contributed by atoms with Crippen molar-refractivity contribution in [3.05, 3.63) is 52.0 Å². The molecule has 2 aromatic rings. The van der Waals surface area contributed by atoms with Gasteiger partial charge in [0.2, 0.25) is 0 Å². The van der Waals surface area contributed by atoms with Gasteiger partial charge in [-0.1, -0.05) is 23.2 Å². The lowest BCUT2D eigenvalue weighted by Gasteiger charge is -2.10. The molecule has 0 aliphatic rings. The summed E-state index contributed by atoms with van der Waals surface area (Å²) in [6.45, 7) is 1.92. The Kier molecular flexibility index (Phi) is 3.46. The molecule has 0 bridgehead atoms. The molecule has 0 heterocycles. The van der Waals surface area contributed by atoms with Crippen LogP contribution in [0.5, 0.6) is 11.5 Å². The molecule has 0 aliphatic carbocycles. The standard InChI is InChI=1S/C13H11Cl2NO/c1-8-6-9(14)2-4-12(8)17-13-5-3-10(16)7-11(13)15/h2-7H,16H2,1H3. The zero-order valence-electron chi connectivity index (χ0n) is 9.21. The van der Waals surface area contributed by atoms with E-state index in [1.54, 1.807) is 24.3 Å². The first-order chi connectivity index (χ1) is 8.06. The van der Waals surface area contributed by atoms with Crippen molar-refractivity contribution in [2.24, 2.45) is 0 Å². The summed E-state index contributed by atoms with van der Waals surface area (Å²) in [5, 5.41) is 1.16. The lowest BCUT2D eigenvalue weighted by atomic mass is 10.2. The van der Waals surface area contributed by atoms with Crippen LogP contribution in [0.4, 0.5) is 5.69 Å². The Morgan fingerprint density at radius 1 is 1.00 bits per heavy atom. The lowest BCUT2D eigenvalue weighted by molar-refractivity contribution is 0.479. The largest absolute Gasteiger partial charge is 0.456 e. The Morgan fingerprint density at radius 2 is 1.71 bits per heavy atom. The van der Waals surface area contributed by atoms with Gasteiger partial charge in [0.1, 0.15) is 11.5 Å². The van der Waals surface area contributed by atoms with E-state index in [4.69, 9.17) is 33.7 Å². The van der Waals surface area contributed by atoms with Crippen molar-refractivity contribution in [1.82, 2.24) is 0 Å². The van der Waals surface area contributed by atoms with E-state index in [0.717, 1.165) is 11.3 Å². The van der Waals surface area contributed by atoms with E-state index in [0.29, 0.717) is 21.5 Å². The Bertz CT molecular complexity index is 506. The maximum absolute atomic E-state index is 6.03. The third kappa shape index (κ3) is 2.84. The van der Waals surface area contributed by atoms with Crippen LogP contribution in [0.1, 0.15) is 5.56 Å². The number of nitrogen functional groups attached to an aromatic ring is 1. The molecule has 17 heavy (non-hydrogen) atoms. The van der Waals surface area contributed by atoms with Crippen molar-refractivity contribution in [1.29, 1.82) is 0 Å². The maximum atomic E-state index is 6.03. The molecule has 88 valence electrons. The Balaban J connectivity index is 2.31. The van der Waals surface area contributed by atoms with Crippen molar-refractivity contribution in [3.8, 4) is 11.5 Å². The van der Waals surface area contributed by atoms with Gasteiger partial charge in [-0.2, -0.15) is 0 Å². The zero-order valence-corrected chi connectivity index (χ0v) is 10.7. The van der Waals surface area contributed by atoms with E-state index < -0.39 is 0 Å². The van der Waals surface area contributed by atoms with Gasteiger partial charge in [-0.15, -0.1) is 0 Å². The minimum Gasteiger partial charge on any atom is -0.456 e. The maximum Gasteiger partial charge on any atom is 0.146 e. The van der Waals surface area contributed by atoms with E-state index >= 15 is 0 Å². The number of hydrogen-bond acceptors (Lipinski definition) is 2. The van der Waals surface area contributed by atoms with Crippen molar-refractivity contribution >= 4 is 28.9 Å². The van der Waals surface area contributed by atoms with Crippen molar-refractivity contribution < 1.29 is 4.74 Å². The quantitative estimate of drug-likeness (QED) is 0.803. The topological polar surface area (TPSA) is 35.2 Å². The minimum absolute atomic E-state index is 0.486. The van der Waals surface area contributed by atoms with Gasteiger partial charge in [0.25, 0.3) is 0 Å². The van der Waals surface area contributed by atoms with Crippen LogP contribution in [0.25, 0.3) is 0 Å². The smallest absolute Gasteiger partial charge is 0.146 e. The highest BCUT2D eigenvalue weighted by atomic mass is 35.5. The summed E-state index contributed by atoms with van der Waals surface area (Å²) in [6, 6.07) is 10.6. The Labute approximate surface area is 110 Å². The SMILES string of the molecule is Cc1cc(Cl)ccc1Oc1ccc(N)cc1Cl. The van der Waals surface area contributed by atoms with Gasteiger partial charge in [0, 0.05) is 10.7 Å². The van der Waals surface area contributed by atoms with Gasteiger partial charge < -0.3 is 10.5 Å². The van der Waals surface area contributed by atoms with Gasteiger partial charge in [0.05, 0.1) is 5.02 Å². The fraction of sp³-hybridized carbons (Fsp3) is 0.0769. The summed E-state index contributed by atoms with van der Waals surface area (Å²) < 4.78 is 5.70. The van der Waals surface area contributed by atoms with Gasteiger partial charge in [-0.3, -0.25) is 0 Å². The molecular weight excluding hydrogens is 257 g/mol. The van der Waals surface area contributed by atoms with Gasteiger partial charge in [-0.05, 0) is 48.9 Å². The highest BCUT2D eigenvalue weighted by molar-refractivity contribution is 6.32. The van der Waals surface area contributed by atoms with Crippen molar-refractivity contribution in [3.63, 3.8) is 0 Å². The van der Waals surface area contributed by atoms with E-state index in [2.05, 4.69) is 0 Å². The van der Waals surface area contributed by atoms with Crippen molar-refractivity contribution in [2.75, 3.05) is 5.73 Å². The van der Waals surface area contributed by atoms with Crippen LogP contribution in [-0.4, -0.2) is 0 Å². The third-order valence-electron chi connectivity index (χ3n) is 2.31. The summed E-state index contributed by atoms with van der Waals surface area (Å²) in [5.41, 5.74) is 7.17. The highest BCUT2D eigenvalue weighted by Crippen LogP contribution is 2.33. The predicted octanol–water partition coefficient (Wildman–Crippen LogP) is 4.68. The van der Waals surface area contributed by atoms with E-state index in [-0.39, 0.29) is 0 Å². The summed E-state index contributed by atoms with van der Waals surface area (Å²) >= 11 is 11.9. The zero-order chi connectivity index (χ0) is 12.4. The number of benzene rings is 2. The molecule has 4 heteroatoms.